The second-order valence-electron chi connectivity index (χ2n) is 5.27. The van der Waals surface area contributed by atoms with Crippen LogP contribution in [0.15, 0.2) is 29.2 Å². The van der Waals surface area contributed by atoms with Gasteiger partial charge in [0.1, 0.15) is 5.75 Å². The first-order chi connectivity index (χ1) is 11.9. The van der Waals surface area contributed by atoms with Crippen LogP contribution in [0.5, 0.6) is 5.75 Å². The largest absolute Gasteiger partial charge is 0.573 e. The van der Waals surface area contributed by atoms with Crippen molar-refractivity contribution in [3.8, 4) is 5.75 Å². The molecule has 0 aliphatic heterocycles. The van der Waals surface area contributed by atoms with Crippen LogP contribution in [0, 0.1) is 0 Å². The highest BCUT2D eigenvalue weighted by Crippen LogP contribution is 2.25. The topological polar surface area (TPSA) is 114 Å². The summed E-state index contributed by atoms with van der Waals surface area (Å²) in [5.41, 5.74) is 8.92. The molecule has 0 aliphatic rings. The second kappa shape index (κ2) is 8.65. The maximum atomic E-state index is 12.4. The van der Waals surface area contributed by atoms with E-state index in [-0.39, 0.29) is 6.42 Å². The van der Waals surface area contributed by atoms with Crippen molar-refractivity contribution in [1.29, 1.82) is 0 Å². The van der Waals surface area contributed by atoms with E-state index in [9.17, 15) is 30.0 Å². The Morgan fingerprint density at radius 3 is 2.12 bits per heavy atom. The lowest BCUT2D eigenvalue weighted by Gasteiger charge is -2.08. The minimum Gasteiger partial charge on any atom is -0.406 e. The summed E-state index contributed by atoms with van der Waals surface area (Å²) in [4.78, 5) is 1.78. The Morgan fingerprint density at radius 2 is 1.65 bits per heavy atom. The number of alkyl halides is 3. The van der Waals surface area contributed by atoms with Gasteiger partial charge in [0.2, 0.25) is 0 Å². The zero-order valence-corrected chi connectivity index (χ0v) is 15.4. The van der Waals surface area contributed by atoms with Gasteiger partial charge < -0.3 is 10.3 Å². The highest BCUT2D eigenvalue weighted by atomic mass is 32.3. The van der Waals surface area contributed by atoms with E-state index in [1.54, 1.807) is 0 Å². The lowest BCUT2D eigenvalue weighted by Crippen LogP contribution is -2.28. The van der Waals surface area contributed by atoms with E-state index in [2.05, 4.69) is 9.53 Å². The molecule has 0 atom stereocenters. The zero-order valence-electron chi connectivity index (χ0n) is 13.7. The standard InChI is InChI=1S/C14H17F3N2O5S2/c1-2-3-4-5-10-25(20,21)13(19-18)26(22,23)12-8-6-11(7-9-12)24-14(15,16)17/h6-9H,2-5,10H2,1H3. The van der Waals surface area contributed by atoms with Crippen LogP contribution in [0.4, 0.5) is 13.2 Å². The molecule has 1 aromatic carbocycles. The lowest BCUT2D eigenvalue weighted by molar-refractivity contribution is -0.274. The molecule has 0 unspecified atom stereocenters. The molecule has 0 heterocycles. The van der Waals surface area contributed by atoms with Crippen LogP contribution in [0.3, 0.4) is 0 Å². The van der Waals surface area contributed by atoms with Gasteiger partial charge >= 0.3 is 10.7 Å². The molecule has 0 radical (unpaired) electrons. The molecule has 1 rings (SSSR count). The number of rotatable bonds is 7. The Balaban J connectivity index is 3.08. The first kappa shape index (κ1) is 22.1. The van der Waals surface area contributed by atoms with Crippen molar-refractivity contribution in [1.82, 2.24) is 0 Å². The Labute approximate surface area is 149 Å². The summed E-state index contributed by atoms with van der Waals surface area (Å²) in [5, 5.41) is 0. The predicted octanol–water partition coefficient (Wildman–Crippen LogP) is 2.94. The number of halogens is 3. The Morgan fingerprint density at radius 1 is 1.08 bits per heavy atom. The van der Waals surface area contributed by atoms with Crippen LogP contribution in [-0.4, -0.2) is 38.1 Å². The quantitative estimate of drug-likeness (QED) is 0.224. The molecule has 1 aromatic rings. The molecule has 0 aliphatic carbocycles. The summed E-state index contributed by atoms with van der Waals surface area (Å²) in [5.74, 6) is -1.21. The molecule has 7 nitrogen and oxygen atoms in total. The van der Waals surface area contributed by atoms with Gasteiger partial charge in [0, 0.05) is 0 Å². The minimum absolute atomic E-state index is 0.184. The Bertz CT molecular complexity index is 872. The van der Waals surface area contributed by atoms with Gasteiger partial charge in [-0.3, -0.25) is 0 Å². The van der Waals surface area contributed by atoms with Crippen LogP contribution in [0.1, 0.15) is 32.6 Å². The van der Waals surface area contributed by atoms with E-state index >= 15 is 0 Å². The van der Waals surface area contributed by atoms with E-state index in [1.807, 2.05) is 6.92 Å². The molecule has 0 aromatic heterocycles. The van der Waals surface area contributed by atoms with Gasteiger partial charge in [0.05, 0.1) is 10.6 Å². The third kappa shape index (κ3) is 6.11. The van der Waals surface area contributed by atoms with Crippen LogP contribution in [-0.2, 0) is 19.7 Å². The smallest absolute Gasteiger partial charge is 0.406 e. The number of hydrogen-bond donors (Lipinski definition) is 0. The van der Waals surface area contributed by atoms with Gasteiger partial charge in [-0.25, -0.2) is 16.8 Å². The fraction of sp³-hybridized carbons (Fsp3) is 0.500. The molecule has 26 heavy (non-hydrogen) atoms. The van der Waals surface area contributed by atoms with Crippen molar-refractivity contribution in [2.75, 3.05) is 5.75 Å². The van der Waals surface area contributed by atoms with Crippen LogP contribution in [0.2, 0.25) is 0 Å². The van der Waals surface area contributed by atoms with Gasteiger partial charge in [-0.05, 0) is 30.7 Å². The average molecular weight is 414 g/mol. The molecule has 0 saturated heterocycles. The van der Waals surface area contributed by atoms with Crippen LogP contribution in [0.25, 0.3) is 5.53 Å². The maximum absolute atomic E-state index is 12.4. The SMILES string of the molecule is CCCCCCS(=O)(=O)C(=[N+]=[N-])S(=O)(=O)c1ccc(OC(F)(F)F)cc1. The number of hydrogen-bond acceptors (Lipinski definition) is 5. The fourth-order valence-electron chi connectivity index (χ4n) is 2.01. The predicted molar refractivity (Wildman–Crippen MR) is 86.9 cm³/mol. The summed E-state index contributed by atoms with van der Waals surface area (Å²) in [6.45, 7) is 1.91. The first-order valence-electron chi connectivity index (χ1n) is 7.49. The van der Waals surface area contributed by atoms with Gasteiger partial charge in [-0.15, -0.1) is 18.0 Å². The Hall–Kier alpha value is -1.91. The molecular formula is C14H17F3N2O5S2. The van der Waals surface area contributed by atoms with E-state index in [1.165, 1.54) is 0 Å². The average Bonchev–Trinajstić information content (AvgIpc) is 2.50. The molecule has 0 bridgehead atoms. The van der Waals surface area contributed by atoms with Crippen molar-refractivity contribution in [2.45, 2.75) is 43.9 Å². The third-order valence-electron chi connectivity index (χ3n) is 3.21. The number of ether oxygens (including phenoxy) is 1. The summed E-state index contributed by atoms with van der Waals surface area (Å²) in [6.07, 6.45) is -2.62. The van der Waals surface area contributed by atoms with Crippen LogP contribution < -0.4 is 4.74 Å². The molecule has 12 heteroatoms. The van der Waals surface area contributed by atoms with Gasteiger partial charge in [0.25, 0.3) is 19.7 Å². The number of benzene rings is 1. The highest BCUT2D eigenvalue weighted by Gasteiger charge is 2.42. The monoisotopic (exact) mass is 414 g/mol. The molecule has 0 amide bonds. The normalized spacial score (nSPS) is 12.5. The maximum Gasteiger partial charge on any atom is 0.573 e. The van der Waals surface area contributed by atoms with E-state index in [0.717, 1.165) is 25.0 Å². The third-order valence-corrected chi connectivity index (χ3v) is 7.51. The molecular weight excluding hydrogens is 397 g/mol. The van der Waals surface area contributed by atoms with E-state index in [4.69, 9.17) is 5.53 Å². The lowest BCUT2D eigenvalue weighted by atomic mass is 10.2. The van der Waals surface area contributed by atoms with Crippen molar-refractivity contribution in [2.24, 2.45) is 0 Å². The molecule has 0 saturated carbocycles. The highest BCUT2D eigenvalue weighted by molar-refractivity contribution is 8.31. The zero-order chi connectivity index (χ0) is 20.0. The van der Waals surface area contributed by atoms with Gasteiger partial charge in [-0.1, -0.05) is 26.2 Å². The van der Waals surface area contributed by atoms with Crippen molar-refractivity contribution < 1.29 is 39.5 Å². The summed E-state index contributed by atoms with van der Waals surface area (Å²) in [7, 11) is -9.13. The summed E-state index contributed by atoms with van der Waals surface area (Å²) in [6, 6.07) is 2.88. The first-order valence-corrected chi connectivity index (χ1v) is 10.6. The van der Waals surface area contributed by atoms with Crippen molar-refractivity contribution in [3.05, 3.63) is 29.8 Å². The van der Waals surface area contributed by atoms with Crippen LogP contribution >= 0.6 is 0 Å². The van der Waals surface area contributed by atoms with Gasteiger partial charge in [-0.2, -0.15) is 0 Å². The summed E-state index contributed by atoms with van der Waals surface area (Å²) >= 11 is 0. The van der Waals surface area contributed by atoms with E-state index < -0.39 is 46.8 Å². The van der Waals surface area contributed by atoms with Gasteiger partial charge in [0.15, 0.2) is 0 Å². The molecule has 0 N–H and O–H groups in total. The van der Waals surface area contributed by atoms with Crippen molar-refractivity contribution in [3.63, 3.8) is 0 Å². The molecule has 146 valence electrons. The molecule has 0 fully saturated rings. The number of sulfone groups is 2. The molecule has 0 spiro atoms. The van der Waals surface area contributed by atoms with Crippen molar-refractivity contribution >= 4 is 24.1 Å². The number of nitrogens with zero attached hydrogens (tertiary/aromatic N) is 2. The Kier molecular flexibility index (Phi) is 7.36. The minimum atomic E-state index is -4.96. The fourth-order valence-corrected chi connectivity index (χ4v) is 5.57. The second-order valence-corrected chi connectivity index (χ2v) is 9.42. The number of unbranched alkanes of at least 4 members (excludes halogenated alkanes) is 3. The van der Waals surface area contributed by atoms with E-state index in [0.29, 0.717) is 18.6 Å². The summed E-state index contributed by atoms with van der Waals surface area (Å²) < 4.78 is 87.6.